The summed E-state index contributed by atoms with van der Waals surface area (Å²) in [5.41, 5.74) is 1.35. The lowest BCUT2D eigenvalue weighted by Gasteiger charge is -2.23. The largest absolute Gasteiger partial charge is 0.315 e. The van der Waals surface area contributed by atoms with Gasteiger partial charge in [0, 0.05) is 17.6 Å². The fraction of sp³-hybridized carbons (Fsp3) is 0.538. The highest BCUT2D eigenvalue weighted by atomic mass is 35.5. The van der Waals surface area contributed by atoms with Gasteiger partial charge in [0.05, 0.1) is 0 Å². The Hall–Kier alpha value is -0.570. The van der Waals surface area contributed by atoms with Crippen molar-refractivity contribution in [2.24, 2.45) is 0 Å². The minimum Gasteiger partial charge on any atom is -0.315 e. The van der Waals surface area contributed by atoms with E-state index < -0.39 is 0 Å². The molecule has 0 amide bonds. The normalized spacial score (nSPS) is 20.9. The van der Waals surface area contributed by atoms with Crippen molar-refractivity contribution in [3.63, 3.8) is 0 Å². The van der Waals surface area contributed by atoms with Crippen LogP contribution in [0.2, 0.25) is 5.02 Å². The maximum absolute atomic E-state index is 5.84. The van der Waals surface area contributed by atoms with Gasteiger partial charge in [-0.15, -0.1) is 0 Å². The second-order valence-electron chi connectivity index (χ2n) is 4.37. The second-order valence-corrected chi connectivity index (χ2v) is 4.81. The van der Waals surface area contributed by atoms with Crippen molar-refractivity contribution >= 4 is 11.6 Å². The fourth-order valence-corrected chi connectivity index (χ4v) is 2.22. The standard InChI is InChI=1S/C13H19ClN2/c14-12-5-3-11(4-6-12)7-9-16-13-2-1-8-15-10-13/h3-6,13,15-16H,1-2,7-10H2. The summed E-state index contributed by atoms with van der Waals surface area (Å²) < 4.78 is 0. The molecule has 16 heavy (non-hydrogen) atoms. The zero-order valence-corrected chi connectivity index (χ0v) is 10.3. The molecule has 1 fully saturated rings. The third kappa shape index (κ3) is 3.78. The summed E-state index contributed by atoms with van der Waals surface area (Å²) in [4.78, 5) is 0. The Kier molecular flexibility index (Phi) is 4.64. The highest BCUT2D eigenvalue weighted by Crippen LogP contribution is 2.09. The first-order valence-electron chi connectivity index (χ1n) is 6.03. The van der Waals surface area contributed by atoms with Gasteiger partial charge < -0.3 is 10.6 Å². The number of nitrogens with one attached hydrogen (secondary N) is 2. The number of hydrogen-bond donors (Lipinski definition) is 2. The van der Waals surface area contributed by atoms with E-state index in [-0.39, 0.29) is 0 Å². The van der Waals surface area contributed by atoms with Crippen LogP contribution in [0.25, 0.3) is 0 Å². The summed E-state index contributed by atoms with van der Waals surface area (Å²) in [5, 5.41) is 7.81. The molecule has 1 aliphatic heterocycles. The van der Waals surface area contributed by atoms with Crippen LogP contribution < -0.4 is 10.6 Å². The molecular weight excluding hydrogens is 220 g/mol. The Morgan fingerprint density at radius 2 is 2.12 bits per heavy atom. The molecule has 0 aliphatic carbocycles. The minimum atomic E-state index is 0.654. The Morgan fingerprint density at radius 3 is 2.81 bits per heavy atom. The number of hydrogen-bond acceptors (Lipinski definition) is 2. The van der Waals surface area contributed by atoms with E-state index in [1.807, 2.05) is 12.1 Å². The molecule has 0 radical (unpaired) electrons. The van der Waals surface area contributed by atoms with Crippen LogP contribution in [-0.4, -0.2) is 25.7 Å². The van der Waals surface area contributed by atoms with E-state index in [4.69, 9.17) is 11.6 Å². The van der Waals surface area contributed by atoms with Crippen LogP contribution in [0, 0.1) is 0 Å². The lowest BCUT2D eigenvalue weighted by molar-refractivity contribution is 0.392. The van der Waals surface area contributed by atoms with Gasteiger partial charge in [0.15, 0.2) is 0 Å². The first-order chi connectivity index (χ1) is 7.84. The Balaban J connectivity index is 1.69. The molecule has 1 aromatic rings. The Labute approximate surface area is 102 Å². The SMILES string of the molecule is Clc1ccc(CCNC2CCCNC2)cc1. The predicted octanol–water partition coefficient (Wildman–Crippen LogP) is 2.22. The first-order valence-corrected chi connectivity index (χ1v) is 6.41. The molecule has 88 valence electrons. The van der Waals surface area contributed by atoms with E-state index in [9.17, 15) is 0 Å². The van der Waals surface area contributed by atoms with Gasteiger partial charge in [0.25, 0.3) is 0 Å². The predicted molar refractivity (Wildman–Crippen MR) is 69.1 cm³/mol. The van der Waals surface area contributed by atoms with E-state index in [1.54, 1.807) is 0 Å². The fourth-order valence-electron chi connectivity index (χ4n) is 2.10. The number of rotatable bonds is 4. The quantitative estimate of drug-likeness (QED) is 0.841. The van der Waals surface area contributed by atoms with Gasteiger partial charge in [-0.05, 0) is 50.0 Å². The van der Waals surface area contributed by atoms with Crippen molar-refractivity contribution in [3.05, 3.63) is 34.9 Å². The first kappa shape index (κ1) is 11.9. The number of halogens is 1. The topological polar surface area (TPSA) is 24.1 Å². The third-order valence-electron chi connectivity index (χ3n) is 3.06. The molecule has 0 spiro atoms. The number of benzene rings is 1. The lowest BCUT2D eigenvalue weighted by atomic mass is 10.1. The molecule has 2 nitrogen and oxygen atoms in total. The molecular formula is C13H19ClN2. The molecule has 1 aromatic carbocycles. The molecule has 0 saturated carbocycles. The molecule has 0 aromatic heterocycles. The molecule has 1 atom stereocenters. The molecule has 1 aliphatic rings. The molecule has 2 N–H and O–H groups in total. The smallest absolute Gasteiger partial charge is 0.0406 e. The summed E-state index contributed by atoms with van der Waals surface area (Å²) >= 11 is 5.84. The molecule has 1 unspecified atom stereocenters. The maximum atomic E-state index is 5.84. The summed E-state index contributed by atoms with van der Waals surface area (Å²) in [6.45, 7) is 3.34. The van der Waals surface area contributed by atoms with Crippen molar-refractivity contribution in [1.29, 1.82) is 0 Å². The van der Waals surface area contributed by atoms with E-state index in [1.165, 1.54) is 24.9 Å². The summed E-state index contributed by atoms with van der Waals surface area (Å²) in [5.74, 6) is 0. The van der Waals surface area contributed by atoms with Crippen LogP contribution >= 0.6 is 11.6 Å². The van der Waals surface area contributed by atoms with Gasteiger partial charge >= 0.3 is 0 Å². The lowest BCUT2D eigenvalue weighted by Crippen LogP contribution is -2.43. The maximum Gasteiger partial charge on any atom is 0.0406 e. The zero-order valence-electron chi connectivity index (χ0n) is 9.51. The zero-order chi connectivity index (χ0) is 11.2. The van der Waals surface area contributed by atoms with Gasteiger partial charge in [-0.2, -0.15) is 0 Å². The molecule has 1 heterocycles. The van der Waals surface area contributed by atoms with Crippen molar-refractivity contribution < 1.29 is 0 Å². The van der Waals surface area contributed by atoms with Crippen LogP contribution in [0.5, 0.6) is 0 Å². The summed E-state index contributed by atoms with van der Waals surface area (Å²) in [6.07, 6.45) is 3.67. The van der Waals surface area contributed by atoms with E-state index in [0.29, 0.717) is 6.04 Å². The summed E-state index contributed by atoms with van der Waals surface area (Å²) in [7, 11) is 0. The van der Waals surface area contributed by atoms with Gasteiger partial charge in [0.2, 0.25) is 0 Å². The van der Waals surface area contributed by atoms with Crippen molar-refractivity contribution in [2.45, 2.75) is 25.3 Å². The van der Waals surface area contributed by atoms with E-state index in [0.717, 1.165) is 24.5 Å². The monoisotopic (exact) mass is 238 g/mol. The van der Waals surface area contributed by atoms with Gasteiger partial charge in [-0.1, -0.05) is 23.7 Å². The average Bonchev–Trinajstić information content (AvgIpc) is 2.33. The average molecular weight is 239 g/mol. The van der Waals surface area contributed by atoms with Crippen LogP contribution in [0.1, 0.15) is 18.4 Å². The third-order valence-corrected chi connectivity index (χ3v) is 3.31. The van der Waals surface area contributed by atoms with Crippen molar-refractivity contribution in [2.75, 3.05) is 19.6 Å². The van der Waals surface area contributed by atoms with Gasteiger partial charge in [-0.25, -0.2) is 0 Å². The van der Waals surface area contributed by atoms with Crippen LogP contribution in [0.3, 0.4) is 0 Å². The van der Waals surface area contributed by atoms with Crippen molar-refractivity contribution in [3.8, 4) is 0 Å². The number of piperidine rings is 1. The van der Waals surface area contributed by atoms with Crippen LogP contribution in [-0.2, 0) is 6.42 Å². The van der Waals surface area contributed by atoms with Gasteiger partial charge in [0.1, 0.15) is 0 Å². The van der Waals surface area contributed by atoms with Crippen molar-refractivity contribution in [1.82, 2.24) is 10.6 Å². The van der Waals surface area contributed by atoms with Crippen LogP contribution in [0.4, 0.5) is 0 Å². The summed E-state index contributed by atoms with van der Waals surface area (Å²) in [6, 6.07) is 8.77. The Morgan fingerprint density at radius 1 is 1.31 bits per heavy atom. The molecule has 2 rings (SSSR count). The second kappa shape index (κ2) is 6.24. The van der Waals surface area contributed by atoms with Gasteiger partial charge in [-0.3, -0.25) is 0 Å². The van der Waals surface area contributed by atoms with E-state index in [2.05, 4.69) is 22.8 Å². The minimum absolute atomic E-state index is 0.654. The molecule has 3 heteroatoms. The van der Waals surface area contributed by atoms with Crippen LogP contribution in [0.15, 0.2) is 24.3 Å². The Bertz CT molecular complexity index is 304. The highest BCUT2D eigenvalue weighted by molar-refractivity contribution is 6.30. The molecule has 1 saturated heterocycles. The highest BCUT2D eigenvalue weighted by Gasteiger charge is 2.11. The van der Waals surface area contributed by atoms with E-state index >= 15 is 0 Å². The molecule has 0 bridgehead atoms.